The lowest BCUT2D eigenvalue weighted by Crippen LogP contribution is -2.31. The van der Waals surface area contributed by atoms with Crippen LogP contribution in [0.1, 0.15) is 37.8 Å². The third-order valence-corrected chi connectivity index (χ3v) is 3.74. The van der Waals surface area contributed by atoms with Gasteiger partial charge in [-0.05, 0) is 47.7 Å². The van der Waals surface area contributed by atoms with Gasteiger partial charge in [-0.25, -0.2) is 0 Å². The molecular formula is C11H17NS. The van der Waals surface area contributed by atoms with Gasteiger partial charge in [0.2, 0.25) is 0 Å². The van der Waals surface area contributed by atoms with Gasteiger partial charge >= 0.3 is 0 Å². The van der Waals surface area contributed by atoms with Crippen LogP contribution in [0, 0.1) is 5.92 Å². The van der Waals surface area contributed by atoms with Gasteiger partial charge in [-0.1, -0.05) is 13.3 Å². The molecule has 1 fully saturated rings. The maximum atomic E-state index is 3.59. The molecule has 1 saturated heterocycles. The molecule has 2 atom stereocenters. The summed E-state index contributed by atoms with van der Waals surface area (Å²) in [7, 11) is 0. The molecule has 1 aliphatic heterocycles. The van der Waals surface area contributed by atoms with Gasteiger partial charge in [0.25, 0.3) is 0 Å². The van der Waals surface area contributed by atoms with E-state index in [-0.39, 0.29) is 0 Å². The van der Waals surface area contributed by atoms with Gasteiger partial charge in [0, 0.05) is 6.04 Å². The summed E-state index contributed by atoms with van der Waals surface area (Å²) in [5, 5.41) is 8.04. The van der Waals surface area contributed by atoms with E-state index in [4.69, 9.17) is 0 Å². The lowest BCUT2D eigenvalue weighted by molar-refractivity contribution is 0.299. The van der Waals surface area contributed by atoms with Crippen molar-refractivity contribution in [1.29, 1.82) is 0 Å². The van der Waals surface area contributed by atoms with E-state index in [0.717, 1.165) is 5.92 Å². The Labute approximate surface area is 84.2 Å². The first-order valence-electron chi connectivity index (χ1n) is 5.15. The van der Waals surface area contributed by atoms with Crippen molar-refractivity contribution in [3.8, 4) is 0 Å². The first-order valence-corrected chi connectivity index (χ1v) is 6.10. The van der Waals surface area contributed by atoms with Gasteiger partial charge in [-0.2, -0.15) is 11.3 Å². The van der Waals surface area contributed by atoms with Crippen molar-refractivity contribution in [3.63, 3.8) is 0 Å². The van der Waals surface area contributed by atoms with Crippen LogP contribution in [0.2, 0.25) is 0 Å². The number of rotatable bonds is 2. The summed E-state index contributed by atoms with van der Waals surface area (Å²) < 4.78 is 0. The van der Waals surface area contributed by atoms with Crippen LogP contribution < -0.4 is 5.32 Å². The van der Waals surface area contributed by atoms with E-state index in [1.54, 1.807) is 11.3 Å². The SMILES string of the molecule is CCC1CCNC(c2ccsc2)C1. The molecule has 1 aliphatic rings. The van der Waals surface area contributed by atoms with Crippen molar-refractivity contribution >= 4 is 11.3 Å². The molecule has 1 aromatic rings. The molecular weight excluding hydrogens is 178 g/mol. The minimum atomic E-state index is 0.630. The summed E-state index contributed by atoms with van der Waals surface area (Å²) in [5.41, 5.74) is 1.49. The molecule has 13 heavy (non-hydrogen) atoms. The number of hydrogen-bond acceptors (Lipinski definition) is 2. The van der Waals surface area contributed by atoms with Crippen molar-refractivity contribution in [2.75, 3.05) is 6.54 Å². The monoisotopic (exact) mass is 195 g/mol. The van der Waals surface area contributed by atoms with Gasteiger partial charge in [0.15, 0.2) is 0 Å². The van der Waals surface area contributed by atoms with E-state index in [9.17, 15) is 0 Å². The number of thiophene rings is 1. The van der Waals surface area contributed by atoms with Gasteiger partial charge in [0.1, 0.15) is 0 Å². The van der Waals surface area contributed by atoms with E-state index in [1.807, 2.05) is 0 Å². The smallest absolute Gasteiger partial charge is 0.0331 e. The van der Waals surface area contributed by atoms with Crippen molar-refractivity contribution in [3.05, 3.63) is 22.4 Å². The van der Waals surface area contributed by atoms with Gasteiger partial charge in [-0.3, -0.25) is 0 Å². The average Bonchev–Trinajstić information content (AvgIpc) is 2.71. The molecule has 1 nitrogen and oxygen atoms in total. The van der Waals surface area contributed by atoms with Crippen molar-refractivity contribution in [1.82, 2.24) is 5.32 Å². The number of nitrogens with one attached hydrogen (secondary N) is 1. The van der Waals surface area contributed by atoms with Gasteiger partial charge in [-0.15, -0.1) is 0 Å². The zero-order valence-electron chi connectivity index (χ0n) is 8.12. The molecule has 72 valence electrons. The molecule has 0 spiro atoms. The van der Waals surface area contributed by atoms with Crippen molar-refractivity contribution in [2.45, 2.75) is 32.2 Å². The molecule has 0 bridgehead atoms. The van der Waals surface area contributed by atoms with Crippen molar-refractivity contribution < 1.29 is 0 Å². The van der Waals surface area contributed by atoms with Crippen LogP contribution in [0.25, 0.3) is 0 Å². The Balaban J connectivity index is 2.00. The lowest BCUT2D eigenvalue weighted by atomic mass is 9.88. The predicted molar refractivity (Wildman–Crippen MR) is 58.1 cm³/mol. The lowest BCUT2D eigenvalue weighted by Gasteiger charge is -2.29. The summed E-state index contributed by atoms with van der Waals surface area (Å²) in [6.45, 7) is 3.50. The Morgan fingerprint density at radius 3 is 3.23 bits per heavy atom. The van der Waals surface area contributed by atoms with Crippen LogP contribution in [0.4, 0.5) is 0 Å². The fourth-order valence-electron chi connectivity index (χ4n) is 2.09. The van der Waals surface area contributed by atoms with Crippen LogP contribution >= 0.6 is 11.3 Å². The Morgan fingerprint density at radius 1 is 1.62 bits per heavy atom. The molecule has 0 saturated carbocycles. The summed E-state index contributed by atoms with van der Waals surface area (Å²) in [5.74, 6) is 0.936. The third-order valence-electron chi connectivity index (χ3n) is 3.04. The van der Waals surface area contributed by atoms with E-state index < -0.39 is 0 Å². The molecule has 1 N–H and O–H groups in total. The van der Waals surface area contributed by atoms with Gasteiger partial charge < -0.3 is 5.32 Å². The second-order valence-electron chi connectivity index (χ2n) is 3.86. The molecule has 2 rings (SSSR count). The molecule has 0 amide bonds. The molecule has 0 aliphatic carbocycles. The van der Waals surface area contributed by atoms with Crippen molar-refractivity contribution in [2.24, 2.45) is 5.92 Å². The number of hydrogen-bond donors (Lipinski definition) is 1. The minimum absolute atomic E-state index is 0.630. The summed E-state index contributed by atoms with van der Waals surface area (Å²) >= 11 is 1.80. The summed E-state index contributed by atoms with van der Waals surface area (Å²) in [6.07, 6.45) is 4.02. The maximum absolute atomic E-state index is 3.59. The number of piperidine rings is 1. The first kappa shape index (κ1) is 9.22. The highest BCUT2D eigenvalue weighted by molar-refractivity contribution is 7.07. The molecule has 2 heteroatoms. The Hall–Kier alpha value is -0.340. The maximum Gasteiger partial charge on any atom is 0.0331 e. The Bertz CT molecular complexity index is 243. The zero-order chi connectivity index (χ0) is 9.10. The van der Waals surface area contributed by atoms with Crippen LogP contribution in [0.5, 0.6) is 0 Å². The summed E-state index contributed by atoms with van der Waals surface area (Å²) in [6, 6.07) is 2.88. The quantitative estimate of drug-likeness (QED) is 0.764. The van der Waals surface area contributed by atoms with E-state index >= 15 is 0 Å². The predicted octanol–water partition coefficient (Wildman–Crippen LogP) is 3.20. The molecule has 0 radical (unpaired) electrons. The highest BCUT2D eigenvalue weighted by Crippen LogP contribution is 2.29. The Kier molecular flexibility index (Phi) is 3.01. The van der Waals surface area contributed by atoms with Crippen LogP contribution in [0.3, 0.4) is 0 Å². The largest absolute Gasteiger partial charge is 0.310 e. The van der Waals surface area contributed by atoms with E-state index in [1.165, 1.54) is 31.4 Å². The standard InChI is InChI=1S/C11H17NS/c1-2-9-3-5-12-11(7-9)10-4-6-13-8-10/h4,6,8-9,11-12H,2-3,5,7H2,1H3. The van der Waals surface area contributed by atoms with Crippen LogP contribution in [-0.2, 0) is 0 Å². The first-order chi connectivity index (χ1) is 6.40. The van der Waals surface area contributed by atoms with Gasteiger partial charge in [0.05, 0.1) is 0 Å². The third kappa shape index (κ3) is 2.12. The molecule has 1 aromatic heterocycles. The van der Waals surface area contributed by atoms with Crippen LogP contribution in [-0.4, -0.2) is 6.54 Å². The molecule has 2 heterocycles. The highest BCUT2D eigenvalue weighted by atomic mass is 32.1. The minimum Gasteiger partial charge on any atom is -0.310 e. The topological polar surface area (TPSA) is 12.0 Å². The highest BCUT2D eigenvalue weighted by Gasteiger charge is 2.21. The normalized spacial score (nSPS) is 29.0. The Morgan fingerprint density at radius 2 is 2.54 bits per heavy atom. The summed E-state index contributed by atoms with van der Waals surface area (Å²) in [4.78, 5) is 0. The zero-order valence-corrected chi connectivity index (χ0v) is 8.94. The fourth-order valence-corrected chi connectivity index (χ4v) is 2.81. The molecule has 0 aromatic carbocycles. The second-order valence-corrected chi connectivity index (χ2v) is 4.64. The average molecular weight is 195 g/mol. The second kappa shape index (κ2) is 4.25. The van der Waals surface area contributed by atoms with Crippen LogP contribution in [0.15, 0.2) is 16.8 Å². The van der Waals surface area contributed by atoms with E-state index in [2.05, 4.69) is 29.1 Å². The fraction of sp³-hybridized carbons (Fsp3) is 0.636. The molecule has 2 unspecified atom stereocenters. The van der Waals surface area contributed by atoms with E-state index in [0.29, 0.717) is 6.04 Å².